The molecule has 0 saturated carbocycles. The highest BCUT2D eigenvalue weighted by molar-refractivity contribution is 8.10. The summed E-state index contributed by atoms with van der Waals surface area (Å²) in [6.07, 6.45) is 0.149. The average Bonchev–Trinajstić information content (AvgIpc) is 2.86. The van der Waals surface area contributed by atoms with Crippen LogP contribution in [0.2, 0.25) is 0 Å². The number of hydrogen-bond acceptors (Lipinski definition) is 9. The number of rotatable bonds is 13. The number of carbonyl (C=O) groups excluding carboxylic acids is 1. The van der Waals surface area contributed by atoms with Gasteiger partial charge in [0.25, 0.3) is 20.0 Å². The molecule has 0 aromatic heterocycles. The van der Waals surface area contributed by atoms with E-state index in [1.807, 2.05) is 0 Å². The Balaban J connectivity index is 2.20. The Hall–Kier alpha value is -3.17. The monoisotopic (exact) mass is 662 g/mol. The van der Waals surface area contributed by atoms with Gasteiger partial charge in [0.05, 0.1) is 16.2 Å². The second kappa shape index (κ2) is 14.1. The fraction of sp³-hybridized carbons (Fsp3) is 0.464. The standard InChI is InChI=1S/C28H39FN2O9S3/c1-20(2)42(35,36)31(43(37,38)21(3)4)24-14-12-22(13-15-24)18-39-25-10-8-9-11-26(25)41(33,34)19-23(29)16-17-30-27(32)40-28(5,6)7/h8-16,20-21H,17-19H2,1-7H3,(H,30,32)/b23-16-. The summed E-state index contributed by atoms with van der Waals surface area (Å²) >= 11 is 0. The summed E-state index contributed by atoms with van der Waals surface area (Å²) in [6, 6.07) is 11.2. The molecule has 43 heavy (non-hydrogen) atoms. The molecule has 2 aromatic rings. The molecule has 0 atom stereocenters. The molecule has 0 spiro atoms. The van der Waals surface area contributed by atoms with E-state index < -0.39 is 63.7 Å². The number of hydrogen-bond donors (Lipinski definition) is 1. The first-order valence-corrected chi connectivity index (χ1v) is 18.0. The number of benzene rings is 2. The maximum atomic E-state index is 14.5. The smallest absolute Gasteiger partial charge is 0.407 e. The van der Waals surface area contributed by atoms with Crippen molar-refractivity contribution in [3.05, 3.63) is 66.0 Å². The van der Waals surface area contributed by atoms with Crippen molar-refractivity contribution in [2.45, 2.75) is 76.1 Å². The van der Waals surface area contributed by atoms with Crippen LogP contribution >= 0.6 is 0 Å². The van der Waals surface area contributed by atoms with Gasteiger partial charge in [0.1, 0.15) is 34.4 Å². The topological polar surface area (TPSA) is 153 Å². The third-order valence-electron chi connectivity index (χ3n) is 5.68. The molecule has 11 nitrogen and oxygen atoms in total. The molecule has 0 unspecified atom stereocenters. The van der Waals surface area contributed by atoms with Crippen LogP contribution in [0.4, 0.5) is 14.9 Å². The minimum absolute atomic E-state index is 0.0438. The Kier molecular flexibility index (Phi) is 11.8. The molecule has 0 heterocycles. The van der Waals surface area contributed by atoms with Crippen molar-refractivity contribution >= 4 is 41.7 Å². The largest absolute Gasteiger partial charge is 0.488 e. The first kappa shape index (κ1) is 36.0. The van der Waals surface area contributed by atoms with Gasteiger partial charge in [-0.1, -0.05) is 24.3 Å². The van der Waals surface area contributed by atoms with Gasteiger partial charge in [-0.3, -0.25) is 0 Å². The normalized spacial score (nSPS) is 13.2. The van der Waals surface area contributed by atoms with Crippen LogP contribution in [0.15, 0.2) is 65.3 Å². The van der Waals surface area contributed by atoms with Gasteiger partial charge in [0.15, 0.2) is 9.84 Å². The maximum Gasteiger partial charge on any atom is 0.407 e. The minimum atomic E-state index is -4.23. The van der Waals surface area contributed by atoms with Crippen molar-refractivity contribution in [1.29, 1.82) is 0 Å². The molecule has 1 amide bonds. The molecule has 0 fully saturated rings. The Labute approximate surface area is 254 Å². The minimum Gasteiger partial charge on any atom is -0.488 e. The molecule has 0 radical (unpaired) electrons. The highest BCUT2D eigenvalue weighted by Crippen LogP contribution is 2.29. The number of alkyl carbamates (subject to hydrolysis) is 1. The van der Waals surface area contributed by atoms with Crippen molar-refractivity contribution < 1.29 is 43.9 Å². The lowest BCUT2D eigenvalue weighted by atomic mass is 10.2. The van der Waals surface area contributed by atoms with E-state index in [4.69, 9.17) is 9.47 Å². The number of para-hydroxylation sites is 1. The zero-order chi connectivity index (χ0) is 32.8. The lowest BCUT2D eigenvalue weighted by Crippen LogP contribution is -2.44. The molecule has 0 aliphatic rings. The Morgan fingerprint density at radius 1 is 0.907 bits per heavy atom. The fourth-order valence-electron chi connectivity index (χ4n) is 3.40. The fourth-order valence-corrected chi connectivity index (χ4v) is 8.54. The molecule has 240 valence electrons. The van der Waals surface area contributed by atoms with E-state index in [0.717, 1.165) is 6.08 Å². The third kappa shape index (κ3) is 9.93. The van der Waals surface area contributed by atoms with Crippen molar-refractivity contribution in [3.63, 3.8) is 0 Å². The Morgan fingerprint density at radius 3 is 1.95 bits per heavy atom. The highest BCUT2D eigenvalue weighted by atomic mass is 32.3. The number of sulfonamides is 2. The van der Waals surface area contributed by atoms with E-state index in [2.05, 4.69) is 5.32 Å². The molecule has 0 bridgehead atoms. The third-order valence-corrected chi connectivity index (χ3v) is 12.3. The summed E-state index contributed by atoms with van der Waals surface area (Å²) in [4.78, 5) is 11.4. The van der Waals surface area contributed by atoms with E-state index in [0.29, 0.717) is 9.27 Å². The van der Waals surface area contributed by atoms with Crippen LogP contribution < -0.4 is 13.8 Å². The van der Waals surface area contributed by atoms with Crippen molar-refractivity contribution in [2.75, 3.05) is 16.0 Å². The summed E-state index contributed by atoms with van der Waals surface area (Å²) in [5.41, 5.74) is -0.332. The summed E-state index contributed by atoms with van der Waals surface area (Å²) in [7, 11) is -12.6. The summed E-state index contributed by atoms with van der Waals surface area (Å²) in [5, 5.41) is 0.323. The highest BCUT2D eigenvalue weighted by Gasteiger charge is 2.38. The molecule has 0 aliphatic carbocycles. The zero-order valence-electron chi connectivity index (χ0n) is 25.2. The first-order chi connectivity index (χ1) is 19.7. The summed E-state index contributed by atoms with van der Waals surface area (Å²) < 4.78 is 103. The molecular formula is C28H39FN2O9S3. The molecule has 1 N–H and O–H groups in total. The van der Waals surface area contributed by atoms with Gasteiger partial charge >= 0.3 is 6.09 Å². The summed E-state index contributed by atoms with van der Waals surface area (Å²) in [6.45, 7) is 10.1. The molecule has 2 rings (SSSR count). The lowest BCUT2D eigenvalue weighted by molar-refractivity contribution is 0.0534. The Bertz CT molecular complexity index is 1590. The van der Waals surface area contributed by atoms with E-state index in [1.54, 1.807) is 26.8 Å². The van der Waals surface area contributed by atoms with Gasteiger partial charge in [-0.05, 0) is 84.4 Å². The number of halogens is 1. The van der Waals surface area contributed by atoms with Gasteiger partial charge < -0.3 is 14.8 Å². The average molecular weight is 663 g/mol. The number of carbonyl (C=O) groups is 1. The molecule has 0 aliphatic heterocycles. The van der Waals surface area contributed by atoms with Crippen LogP contribution in [0.3, 0.4) is 0 Å². The second-order valence-electron chi connectivity index (χ2n) is 11.1. The van der Waals surface area contributed by atoms with E-state index in [1.165, 1.54) is 70.2 Å². The maximum absolute atomic E-state index is 14.5. The van der Waals surface area contributed by atoms with E-state index in [9.17, 15) is 34.4 Å². The van der Waals surface area contributed by atoms with Crippen molar-refractivity contribution in [1.82, 2.24) is 5.32 Å². The molecule has 0 saturated heterocycles. The first-order valence-electron chi connectivity index (χ1n) is 13.3. The van der Waals surface area contributed by atoms with Crippen LogP contribution in [-0.4, -0.2) is 59.7 Å². The zero-order valence-corrected chi connectivity index (χ0v) is 27.6. The predicted molar refractivity (Wildman–Crippen MR) is 163 cm³/mol. The number of ether oxygens (including phenoxy) is 2. The van der Waals surface area contributed by atoms with Crippen LogP contribution in [0, 0.1) is 0 Å². The quantitative estimate of drug-likeness (QED) is 0.322. The second-order valence-corrected chi connectivity index (χ2v) is 17.9. The van der Waals surface area contributed by atoms with Gasteiger partial charge in [0, 0.05) is 6.54 Å². The van der Waals surface area contributed by atoms with E-state index >= 15 is 0 Å². The van der Waals surface area contributed by atoms with Gasteiger partial charge in [-0.15, -0.1) is 0 Å². The number of nitrogens with one attached hydrogen (secondary N) is 1. The van der Waals surface area contributed by atoms with Gasteiger partial charge in [0.2, 0.25) is 0 Å². The van der Waals surface area contributed by atoms with Crippen LogP contribution in [0.25, 0.3) is 0 Å². The summed E-state index contributed by atoms with van der Waals surface area (Å²) in [5.74, 6) is -2.00. The van der Waals surface area contributed by atoms with Crippen molar-refractivity contribution in [2.24, 2.45) is 0 Å². The van der Waals surface area contributed by atoms with Crippen LogP contribution in [0.5, 0.6) is 5.75 Å². The molecule has 15 heteroatoms. The molecule has 2 aromatic carbocycles. The van der Waals surface area contributed by atoms with Gasteiger partial charge in [-0.2, -0.15) is 3.71 Å². The van der Waals surface area contributed by atoms with Crippen LogP contribution in [-0.2, 0) is 41.2 Å². The lowest BCUT2D eigenvalue weighted by Gasteiger charge is -2.27. The van der Waals surface area contributed by atoms with Gasteiger partial charge in [-0.25, -0.2) is 34.4 Å². The predicted octanol–water partition coefficient (Wildman–Crippen LogP) is 4.70. The molecular weight excluding hydrogens is 624 g/mol. The number of anilines is 1. The SMILES string of the molecule is CC(C)S(=O)(=O)N(c1ccc(COc2ccccc2S(=O)(=O)C/C(F)=C/CNC(=O)OC(C)(C)C)cc1)S(=O)(=O)C(C)C. The van der Waals surface area contributed by atoms with E-state index in [-0.39, 0.29) is 29.5 Å². The van der Waals surface area contributed by atoms with Crippen LogP contribution in [0.1, 0.15) is 54.0 Å². The number of amides is 1. The number of sulfone groups is 1. The number of nitrogens with zero attached hydrogens (tertiary/aromatic N) is 1. The van der Waals surface area contributed by atoms with Crippen molar-refractivity contribution in [3.8, 4) is 5.75 Å². The Morgan fingerprint density at radius 2 is 1.44 bits per heavy atom.